The molecule has 0 saturated carbocycles. The fraction of sp³-hybridized carbons (Fsp3) is 0.750. The Kier molecular flexibility index (Phi) is 3.68. The Hall–Kier alpha value is -1.21. The average Bonchev–Trinajstić information content (AvgIpc) is 2.89. The van der Waals surface area contributed by atoms with E-state index >= 15 is 0 Å². The number of terminal acetylenes is 1. The van der Waals surface area contributed by atoms with E-state index in [1.165, 1.54) is 12.8 Å². The predicted molar refractivity (Wildman–Crippen MR) is 64.2 cm³/mol. The van der Waals surface area contributed by atoms with E-state index in [4.69, 9.17) is 11.2 Å². The summed E-state index contributed by atoms with van der Waals surface area (Å²) in [6.07, 6.45) is 10.2. The van der Waals surface area contributed by atoms with Crippen LogP contribution < -0.4 is 10.6 Å². The lowest BCUT2D eigenvalue weighted by atomic mass is 9.96. The molecule has 4 nitrogen and oxygen atoms in total. The zero-order chi connectivity index (χ0) is 11.4. The van der Waals surface area contributed by atoms with Crippen LogP contribution in [0.2, 0.25) is 0 Å². The quantitative estimate of drug-likeness (QED) is 0.316. The number of aliphatic imine (C=N–C) groups is 1. The second-order valence-corrected chi connectivity index (χ2v) is 4.31. The van der Waals surface area contributed by atoms with Crippen molar-refractivity contribution in [2.24, 2.45) is 4.99 Å². The molecule has 0 aromatic heterocycles. The molecule has 2 N–H and O–H groups in total. The van der Waals surface area contributed by atoms with Crippen molar-refractivity contribution in [2.45, 2.75) is 43.9 Å². The number of guanidine groups is 1. The van der Waals surface area contributed by atoms with Gasteiger partial charge >= 0.3 is 0 Å². The van der Waals surface area contributed by atoms with Crippen LogP contribution in [-0.2, 0) is 4.74 Å². The van der Waals surface area contributed by atoms with Crippen LogP contribution in [0.25, 0.3) is 0 Å². The van der Waals surface area contributed by atoms with E-state index in [1.54, 1.807) is 7.05 Å². The lowest BCUT2D eigenvalue weighted by molar-refractivity contribution is 0.0992. The number of hydrogen-bond acceptors (Lipinski definition) is 2. The molecule has 0 radical (unpaired) electrons. The van der Waals surface area contributed by atoms with Crippen LogP contribution in [0.3, 0.4) is 0 Å². The van der Waals surface area contributed by atoms with Crippen molar-refractivity contribution < 1.29 is 4.74 Å². The van der Waals surface area contributed by atoms with Crippen molar-refractivity contribution in [3.05, 3.63) is 0 Å². The summed E-state index contributed by atoms with van der Waals surface area (Å²) in [4.78, 5) is 4.18. The maximum Gasteiger partial charge on any atom is 0.191 e. The normalized spacial score (nSPS) is 32.5. The van der Waals surface area contributed by atoms with Crippen LogP contribution in [0.4, 0.5) is 0 Å². The van der Waals surface area contributed by atoms with Gasteiger partial charge < -0.3 is 15.4 Å². The van der Waals surface area contributed by atoms with Crippen molar-refractivity contribution in [3.8, 4) is 12.3 Å². The molecule has 3 unspecified atom stereocenters. The third kappa shape index (κ3) is 2.48. The first kappa shape index (κ1) is 11.3. The summed E-state index contributed by atoms with van der Waals surface area (Å²) in [6.45, 7) is 0.762. The molecule has 2 bridgehead atoms. The topological polar surface area (TPSA) is 45.7 Å². The highest BCUT2D eigenvalue weighted by Gasteiger charge is 2.40. The van der Waals surface area contributed by atoms with Gasteiger partial charge in [-0.3, -0.25) is 4.99 Å². The SMILES string of the molecule is C#CCCNC(=NC)NC1CC2CCC1O2. The molecule has 16 heavy (non-hydrogen) atoms. The van der Waals surface area contributed by atoms with Crippen LogP contribution in [0.5, 0.6) is 0 Å². The highest BCUT2D eigenvalue weighted by molar-refractivity contribution is 5.80. The van der Waals surface area contributed by atoms with Gasteiger partial charge in [0.05, 0.1) is 18.2 Å². The second-order valence-electron chi connectivity index (χ2n) is 4.31. The van der Waals surface area contributed by atoms with E-state index in [1.807, 2.05) is 0 Å². The van der Waals surface area contributed by atoms with Crippen molar-refractivity contribution in [3.63, 3.8) is 0 Å². The number of rotatable bonds is 3. The number of nitrogens with one attached hydrogen (secondary N) is 2. The fourth-order valence-electron chi connectivity index (χ4n) is 2.41. The number of ether oxygens (including phenoxy) is 1. The van der Waals surface area contributed by atoms with Gasteiger partial charge in [-0.25, -0.2) is 0 Å². The molecular formula is C12H19N3O. The van der Waals surface area contributed by atoms with E-state index in [0.29, 0.717) is 24.7 Å². The molecule has 2 fully saturated rings. The Morgan fingerprint density at radius 1 is 1.56 bits per heavy atom. The summed E-state index contributed by atoms with van der Waals surface area (Å²) >= 11 is 0. The Bertz CT molecular complexity index is 308. The number of fused-ring (bicyclic) bond motifs is 2. The van der Waals surface area contributed by atoms with Crippen LogP contribution in [0, 0.1) is 12.3 Å². The van der Waals surface area contributed by atoms with Gasteiger partial charge in [-0.2, -0.15) is 0 Å². The minimum Gasteiger partial charge on any atom is -0.373 e. The predicted octanol–water partition coefficient (Wildman–Crippen LogP) is 0.495. The van der Waals surface area contributed by atoms with Crippen LogP contribution >= 0.6 is 0 Å². The van der Waals surface area contributed by atoms with Crippen LogP contribution in [0.1, 0.15) is 25.7 Å². The summed E-state index contributed by atoms with van der Waals surface area (Å²) < 4.78 is 5.78. The van der Waals surface area contributed by atoms with Gasteiger partial charge in [0.25, 0.3) is 0 Å². The van der Waals surface area contributed by atoms with Crippen molar-refractivity contribution in [2.75, 3.05) is 13.6 Å². The van der Waals surface area contributed by atoms with Gasteiger partial charge in [0, 0.05) is 20.0 Å². The monoisotopic (exact) mass is 221 g/mol. The fourth-order valence-corrected chi connectivity index (χ4v) is 2.41. The summed E-state index contributed by atoms with van der Waals surface area (Å²) in [5.41, 5.74) is 0. The largest absolute Gasteiger partial charge is 0.373 e. The lowest BCUT2D eigenvalue weighted by Crippen LogP contribution is -2.47. The third-order valence-corrected chi connectivity index (χ3v) is 3.21. The van der Waals surface area contributed by atoms with Gasteiger partial charge in [0.2, 0.25) is 0 Å². The van der Waals surface area contributed by atoms with E-state index < -0.39 is 0 Å². The molecule has 0 aromatic carbocycles. The molecule has 2 saturated heterocycles. The average molecular weight is 221 g/mol. The van der Waals surface area contributed by atoms with Crippen molar-refractivity contribution in [1.82, 2.24) is 10.6 Å². The first-order valence-electron chi connectivity index (χ1n) is 5.89. The maximum absolute atomic E-state index is 5.78. The van der Waals surface area contributed by atoms with E-state index in [2.05, 4.69) is 21.5 Å². The van der Waals surface area contributed by atoms with E-state index in [-0.39, 0.29) is 0 Å². The minimum absolute atomic E-state index is 0.371. The second kappa shape index (κ2) is 5.22. The standard InChI is InChI=1S/C12H19N3O/c1-3-4-7-14-12(13-2)15-10-8-9-5-6-11(10)16-9/h1,9-11H,4-8H2,2H3,(H2,13,14,15). The van der Waals surface area contributed by atoms with E-state index in [9.17, 15) is 0 Å². The zero-order valence-corrected chi connectivity index (χ0v) is 9.70. The highest BCUT2D eigenvalue weighted by Crippen LogP contribution is 2.34. The van der Waals surface area contributed by atoms with Crippen molar-refractivity contribution in [1.29, 1.82) is 0 Å². The molecule has 2 aliphatic rings. The molecule has 88 valence electrons. The number of nitrogens with zero attached hydrogens (tertiary/aromatic N) is 1. The molecule has 0 amide bonds. The Labute approximate surface area is 96.8 Å². The van der Waals surface area contributed by atoms with E-state index in [0.717, 1.165) is 18.9 Å². The molecule has 2 rings (SSSR count). The van der Waals surface area contributed by atoms with Gasteiger partial charge in [-0.1, -0.05) is 0 Å². The smallest absolute Gasteiger partial charge is 0.191 e. The molecule has 2 heterocycles. The van der Waals surface area contributed by atoms with Gasteiger partial charge in [0.1, 0.15) is 0 Å². The summed E-state index contributed by atoms with van der Waals surface area (Å²) in [5.74, 6) is 3.43. The molecule has 0 aromatic rings. The zero-order valence-electron chi connectivity index (χ0n) is 9.70. The Balaban J connectivity index is 1.77. The molecule has 3 atom stereocenters. The Morgan fingerprint density at radius 3 is 3.00 bits per heavy atom. The maximum atomic E-state index is 5.78. The Morgan fingerprint density at radius 2 is 2.44 bits per heavy atom. The van der Waals surface area contributed by atoms with Crippen LogP contribution in [0.15, 0.2) is 4.99 Å². The molecule has 4 heteroatoms. The number of hydrogen-bond donors (Lipinski definition) is 2. The first-order valence-corrected chi connectivity index (χ1v) is 5.89. The molecule has 2 aliphatic heterocycles. The minimum atomic E-state index is 0.371. The molecule has 0 spiro atoms. The van der Waals surface area contributed by atoms with Gasteiger partial charge in [0.15, 0.2) is 5.96 Å². The third-order valence-electron chi connectivity index (χ3n) is 3.21. The van der Waals surface area contributed by atoms with Crippen LogP contribution in [-0.4, -0.2) is 37.8 Å². The first-order chi connectivity index (χ1) is 7.83. The highest BCUT2D eigenvalue weighted by atomic mass is 16.5. The van der Waals surface area contributed by atoms with Gasteiger partial charge in [-0.15, -0.1) is 12.3 Å². The lowest BCUT2D eigenvalue weighted by Gasteiger charge is -2.22. The molecule has 0 aliphatic carbocycles. The summed E-state index contributed by atoms with van der Waals surface area (Å²) in [6, 6.07) is 0.413. The van der Waals surface area contributed by atoms with Gasteiger partial charge in [-0.05, 0) is 19.3 Å². The molecular weight excluding hydrogens is 202 g/mol. The summed E-state index contributed by atoms with van der Waals surface area (Å²) in [7, 11) is 1.78. The van der Waals surface area contributed by atoms with Crippen molar-refractivity contribution >= 4 is 5.96 Å². The summed E-state index contributed by atoms with van der Waals surface area (Å²) in [5, 5.41) is 6.60.